The van der Waals surface area contributed by atoms with Crippen LogP contribution < -0.4 is 10.1 Å². The Kier molecular flexibility index (Phi) is 3.75. The van der Waals surface area contributed by atoms with E-state index >= 15 is 0 Å². The van der Waals surface area contributed by atoms with Gasteiger partial charge in [-0.2, -0.15) is 5.26 Å². The van der Waals surface area contributed by atoms with Crippen LogP contribution in [-0.2, 0) is 0 Å². The van der Waals surface area contributed by atoms with E-state index < -0.39 is 0 Å². The van der Waals surface area contributed by atoms with Crippen molar-refractivity contribution in [1.82, 2.24) is 9.97 Å². The lowest BCUT2D eigenvalue weighted by molar-refractivity contribution is 0.416. The van der Waals surface area contributed by atoms with Gasteiger partial charge in [0.05, 0.1) is 28.9 Å². The Morgan fingerprint density at radius 2 is 2.06 bits per heavy atom. The molecule has 0 fully saturated rings. The highest BCUT2D eigenvalue weighted by atomic mass is 79.9. The summed E-state index contributed by atoms with van der Waals surface area (Å²) in [4.78, 5) is 8.20. The van der Waals surface area contributed by atoms with E-state index in [4.69, 9.17) is 10.00 Å². The van der Waals surface area contributed by atoms with Gasteiger partial charge in [0.25, 0.3) is 0 Å². The van der Waals surface area contributed by atoms with Crippen LogP contribution >= 0.6 is 15.9 Å². The summed E-state index contributed by atoms with van der Waals surface area (Å²) < 4.78 is 6.01. The van der Waals surface area contributed by atoms with Gasteiger partial charge in [0.1, 0.15) is 5.75 Å². The van der Waals surface area contributed by atoms with Gasteiger partial charge in [0.15, 0.2) is 0 Å². The number of rotatable bonds is 3. The van der Waals surface area contributed by atoms with Crippen LogP contribution in [0.4, 0.5) is 11.6 Å². The van der Waals surface area contributed by atoms with E-state index in [2.05, 4.69) is 37.3 Å². The Balaban J connectivity index is 2.29. The third-order valence-electron chi connectivity index (χ3n) is 2.20. The summed E-state index contributed by atoms with van der Waals surface area (Å²) in [7, 11) is 1.55. The van der Waals surface area contributed by atoms with E-state index in [0.29, 0.717) is 22.9 Å². The molecule has 18 heavy (non-hydrogen) atoms. The first-order chi connectivity index (χ1) is 8.72. The molecule has 0 aliphatic rings. The summed E-state index contributed by atoms with van der Waals surface area (Å²) in [5.74, 6) is 1.03. The van der Waals surface area contributed by atoms with Crippen LogP contribution in [-0.4, -0.2) is 17.1 Å². The fourth-order valence-corrected chi connectivity index (χ4v) is 1.57. The molecule has 0 saturated heterocycles. The summed E-state index contributed by atoms with van der Waals surface area (Å²) in [5.41, 5.74) is 1.24. The average molecular weight is 305 g/mol. The van der Waals surface area contributed by atoms with E-state index in [1.165, 1.54) is 0 Å². The standard InChI is InChI=1S/C12H9BrN4O/c1-18-11-4-8(5-14)2-3-10(11)17-12-15-6-9(13)7-16-12/h2-4,6-7H,1H3,(H,15,16,17). The van der Waals surface area contributed by atoms with E-state index in [-0.39, 0.29) is 0 Å². The van der Waals surface area contributed by atoms with Gasteiger partial charge in [0.2, 0.25) is 5.95 Å². The molecule has 0 aliphatic carbocycles. The molecule has 2 aromatic rings. The molecular formula is C12H9BrN4O. The highest BCUT2D eigenvalue weighted by Gasteiger charge is 2.06. The summed E-state index contributed by atoms with van der Waals surface area (Å²) in [6.45, 7) is 0. The topological polar surface area (TPSA) is 70.8 Å². The monoisotopic (exact) mass is 304 g/mol. The second-order valence-electron chi connectivity index (χ2n) is 3.38. The van der Waals surface area contributed by atoms with Crippen LogP contribution in [0.25, 0.3) is 0 Å². The van der Waals surface area contributed by atoms with Gasteiger partial charge in [-0.3, -0.25) is 0 Å². The molecule has 0 aliphatic heterocycles. The SMILES string of the molecule is COc1cc(C#N)ccc1Nc1ncc(Br)cn1. The maximum atomic E-state index is 8.81. The summed E-state index contributed by atoms with van der Waals surface area (Å²) in [5, 5.41) is 11.8. The first-order valence-electron chi connectivity index (χ1n) is 5.05. The molecule has 0 bridgehead atoms. The lowest BCUT2D eigenvalue weighted by Crippen LogP contribution is -1.99. The number of aromatic nitrogens is 2. The number of ether oxygens (including phenoxy) is 1. The Labute approximate surface area is 113 Å². The molecule has 1 N–H and O–H groups in total. The van der Waals surface area contributed by atoms with Crippen LogP contribution in [0.2, 0.25) is 0 Å². The molecule has 1 aromatic carbocycles. The highest BCUT2D eigenvalue weighted by Crippen LogP contribution is 2.27. The molecule has 0 saturated carbocycles. The number of nitrogens with one attached hydrogen (secondary N) is 1. The summed E-state index contributed by atoms with van der Waals surface area (Å²) in [6.07, 6.45) is 3.29. The first kappa shape index (κ1) is 12.3. The highest BCUT2D eigenvalue weighted by molar-refractivity contribution is 9.10. The van der Waals surface area contributed by atoms with Crippen LogP contribution in [0.3, 0.4) is 0 Å². The molecule has 90 valence electrons. The minimum absolute atomic E-state index is 0.459. The summed E-state index contributed by atoms with van der Waals surface area (Å²) in [6, 6.07) is 7.16. The Bertz CT molecular complexity index is 592. The van der Waals surface area contributed by atoms with Gasteiger partial charge in [-0.1, -0.05) is 0 Å². The molecule has 1 aromatic heterocycles. The number of methoxy groups -OCH3 is 1. The quantitative estimate of drug-likeness (QED) is 0.944. The van der Waals surface area contributed by atoms with Crippen molar-refractivity contribution in [2.24, 2.45) is 0 Å². The minimum Gasteiger partial charge on any atom is -0.495 e. The number of benzene rings is 1. The van der Waals surface area contributed by atoms with Gasteiger partial charge in [-0.15, -0.1) is 0 Å². The van der Waals surface area contributed by atoms with E-state index in [0.717, 1.165) is 4.47 Å². The predicted octanol–water partition coefficient (Wildman–Crippen LogP) is 2.86. The zero-order valence-electron chi connectivity index (χ0n) is 9.51. The molecule has 2 rings (SSSR count). The van der Waals surface area contributed by atoms with Crippen LogP contribution in [0.1, 0.15) is 5.56 Å². The predicted molar refractivity (Wildman–Crippen MR) is 70.7 cm³/mol. The number of nitrogens with zero attached hydrogens (tertiary/aromatic N) is 3. The van der Waals surface area contributed by atoms with Gasteiger partial charge >= 0.3 is 0 Å². The smallest absolute Gasteiger partial charge is 0.227 e. The third-order valence-corrected chi connectivity index (χ3v) is 2.61. The van der Waals surface area contributed by atoms with Crippen molar-refractivity contribution in [3.63, 3.8) is 0 Å². The van der Waals surface area contributed by atoms with Crippen molar-refractivity contribution >= 4 is 27.6 Å². The van der Waals surface area contributed by atoms with Crippen LogP contribution in [0, 0.1) is 11.3 Å². The van der Waals surface area contributed by atoms with Crippen LogP contribution in [0.15, 0.2) is 35.1 Å². The molecule has 0 radical (unpaired) electrons. The fourth-order valence-electron chi connectivity index (χ4n) is 1.36. The number of hydrogen-bond acceptors (Lipinski definition) is 5. The molecule has 0 spiro atoms. The molecule has 0 amide bonds. The lowest BCUT2D eigenvalue weighted by atomic mass is 10.2. The fraction of sp³-hybridized carbons (Fsp3) is 0.0833. The molecule has 0 unspecified atom stereocenters. The largest absolute Gasteiger partial charge is 0.495 e. The Morgan fingerprint density at radius 1 is 1.33 bits per heavy atom. The van der Waals surface area contributed by atoms with E-state index in [1.54, 1.807) is 37.7 Å². The molecule has 0 atom stereocenters. The number of hydrogen-bond donors (Lipinski definition) is 1. The summed E-state index contributed by atoms with van der Waals surface area (Å²) >= 11 is 3.26. The van der Waals surface area contributed by atoms with Crippen molar-refractivity contribution < 1.29 is 4.74 Å². The van der Waals surface area contributed by atoms with Crippen molar-refractivity contribution in [2.45, 2.75) is 0 Å². The van der Waals surface area contributed by atoms with Gasteiger partial charge in [-0.25, -0.2) is 9.97 Å². The molecule has 5 nitrogen and oxygen atoms in total. The lowest BCUT2D eigenvalue weighted by Gasteiger charge is -2.09. The third kappa shape index (κ3) is 2.76. The minimum atomic E-state index is 0.459. The van der Waals surface area contributed by atoms with Crippen molar-refractivity contribution in [2.75, 3.05) is 12.4 Å². The zero-order valence-corrected chi connectivity index (χ0v) is 11.1. The first-order valence-corrected chi connectivity index (χ1v) is 5.85. The van der Waals surface area contributed by atoms with E-state index in [9.17, 15) is 0 Å². The second-order valence-corrected chi connectivity index (χ2v) is 4.29. The number of nitriles is 1. The molecule has 6 heteroatoms. The molecular weight excluding hydrogens is 296 g/mol. The van der Waals surface area contributed by atoms with Gasteiger partial charge in [-0.05, 0) is 28.1 Å². The zero-order chi connectivity index (χ0) is 13.0. The van der Waals surface area contributed by atoms with Crippen molar-refractivity contribution in [3.05, 3.63) is 40.6 Å². The average Bonchev–Trinajstić information content (AvgIpc) is 2.41. The Hall–Kier alpha value is -2.13. The van der Waals surface area contributed by atoms with Crippen molar-refractivity contribution in [1.29, 1.82) is 5.26 Å². The van der Waals surface area contributed by atoms with Crippen molar-refractivity contribution in [3.8, 4) is 11.8 Å². The van der Waals surface area contributed by atoms with Gasteiger partial charge < -0.3 is 10.1 Å². The number of halogens is 1. The van der Waals surface area contributed by atoms with Crippen LogP contribution in [0.5, 0.6) is 5.75 Å². The number of anilines is 2. The van der Waals surface area contributed by atoms with E-state index in [1.807, 2.05) is 0 Å². The Morgan fingerprint density at radius 3 is 2.67 bits per heavy atom. The second kappa shape index (κ2) is 5.47. The molecule has 1 heterocycles. The maximum Gasteiger partial charge on any atom is 0.227 e. The maximum absolute atomic E-state index is 8.81. The normalized spacial score (nSPS) is 9.61. The van der Waals surface area contributed by atoms with Gasteiger partial charge in [0, 0.05) is 18.5 Å².